The molecule has 12 heteroatoms. The lowest BCUT2D eigenvalue weighted by atomic mass is 10.2. The van der Waals surface area contributed by atoms with Gasteiger partial charge in [0, 0.05) is 5.56 Å². The fourth-order valence-corrected chi connectivity index (χ4v) is 3.02. The van der Waals surface area contributed by atoms with Crippen molar-refractivity contribution in [2.24, 2.45) is 0 Å². The van der Waals surface area contributed by atoms with E-state index < -0.39 is 4.92 Å². The highest BCUT2D eigenvalue weighted by molar-refractivity contribution is 7.99. The Bertz CT molecular complexity index is 924. The normalized spacial score (nSPS) is 10.5. The molecule has 1 N–H and O–H groups in total. The fraction of sp³-hybridized carbons (Fsp3) is 0.143. The van der Waals surface area contributed by atoms with Gasteiger partial charge in [-0.1, -0.05) is 11.8 Å². The van der Waals surface area contributed by atoms with E-state index in [1.54, 1.807) is 31.4 Å². The molecule has 0 aliphatic rings. The van der Waals surface area contributed by atoms with Gasteiger partial charge in [0.1, 0.15) is 11.9 Å². The molecule has 0 bridgehead atoms. The molecule has 10 nitrogen and oxygen atoms in total. The summed E-state index contributed by atoms with van der Waals surface area (Å²) < 4.78 is 10.6. The molecule has 0 radical (unpaired) electrons. The van der Waals surface area contributed by atoms with Crippen LogP contribution in [0.3, 0.4) is 0 Å². The van der Waals surface area contributed by atoms with Gasteiger partial charge in [-0.2, -0.15) is 0 Å². The summed E-state index contributed by atoms with van der Waals surface area (Å²) in [5, 5.41) is 21.1. The second-order valence-electron chi connectivity index (χ2n) is 4.70. The van der Waals surface area contributed by atoms with Crippen molar-refractivity contribution in [3.63, 3.8) is 0 Å². The Kier molecular flexibility index (Phi) is 5.43. The molecule has 26 heavy (non-hydrogen) atoms. The Morgan fingerprint density at radius 2 is 2.15 bits per heavy atom. The number of nitro groups is 1. The van der Waals surface area contributed by atoms with E-state index in [2.05, 4.69) is 20.5 Å². The second-order valence-corrected chi connectivity index (χ2v) is 6.63. The van der Waals surface area contributed by atoms with Gasteiger partial charge in [-0.05, 0) is 35.6 Å². The fourth-order valence-electron chi connectivity index (χ4n) is 1.81. The maximum absolute atomic E-state index is 11.9. The van der Waals surface area contributed by atoms with E-state index in [1.165, 1.54) is 0 Å². The van der Waals surface area contributed by atoms with E-state index in [0.717, 1.165) is 34.9 Å². The summed E-state index contributed by atoms with van der Waals surface area (Å²) >= 11 is 1.83. The number of nitrogens with one attached hydrogen (secondary N) is 1. The minimum absolute atomic E-state index is 0.00236. The molecule has 0 saturated carbocycles. The molecular weight excluding hydrogens is 382 g/mol. The standard InChI is InChI=1S/C14H11N5O5S2/c1-23-9-4-2-8(3-5-9)12-17-18-14(24-12)25-7-10(20)16-13-15-6-11(26-13)19(21)22/h2-6H,7H2,1H3,(H,15,16,20). The largest absolute Gasteiger partial charge is 0.497 e. The van der Waals surface area contributed by atoms with Gasteiger partial charge < -0.3 is 14.5 Å². The molecule has 0 atom stereocenters. The van der Waals surface area contributed by atoms with Gasteiger partial charge in [-0.25, -0.2) is 4.98 Å². The third kappa shape index (κ3) is 4.34. The molecule has 0 saturated heterocycles. The lowest BCUT2D eigenvalue weighted by Gasteiger charge is -1.99. The molecule has 2 heterocycles. The van der Waals surface area contributed by atoms with Crippen LogP contribution in [-0.2, 0) is 4.79 Å². The number of carbonyl (C=O) groups is 1. The summed E-state index contributed by atoms with van der Waals surface area (Å²) in [7, 11) is 1.57. The average Bonchev–Trinajstić information content (AvgIpc) is 3.29. The van der Waals surface area contributed by atoms with E-state index in [4.69, 9.17) is 9.15 Å². The van der Waals surface area contributed by atoms with Gasteiger partial charge >= 0.3 is 5.00 Å². The molecule has 1 amide bonds. The number of rotatable bonds is 7. The van der Waals surface area contributed by atoms with Gasteiger partial charge in [0.25, 0.3) is 5.22 Å². The third-order valence-corrected chi connectivity index (χ3v) is 4.67. The van der Waals surface area contributed by atoms with E-state index in [-0.39, 0.29) is 27.0 Å². The van der Waals surface area contributed by atoms with Gasteiger partial charge in [-0.15, -0.1) is 10.2 Å². The van der Waals surface area contributed by atoms with Crippen molar-refractivity contribution in [3.05, 3.63) is 40.6 Å². The summed E-state index contributed by atoms with van der Waals surface area (Å²) in [6.45, 7) is 0. The molecule has 0 fully saturated rings. The predicted molar refractivity (Wildman–Crippen MR) is 94.4 cm³/mol. The van der Waals surface area contributed by atoms with Crippen LogP contribution in [0.2, 0.25) is 0 Å². The minimum Gasteiger partial charge on any atom is -0.497 e. The molecule has 2 aromatic heterocycles. The monoisotopic (exact) mass is 393 g/mol. The summed E-state index contributed by atoms with van der Waals surface area (Å²) in [6.07, 6.45) is 1.09. The summed E-state index contributed by atoms with van der Waals surface area (Å²) in [6, 6.07) is 7.10. The maximum atomic E-state index is 11.9. The number of amides is 1. The summed E-state index contributed by atoms with van der Waals surface area (Å²) in [4.78, 5) is 25.7. The number of hydrogen-bond acceptors (Lipinski definition) is 10. The first-order valence-electron chi connectivity index (χ1n) is 7.06. The SMILES string of the molecule is COc1ccc(-c2nnc(SCC(=O)Nc3ncc([N+](=O)[O-])s3)o2)cc1. The molecular formula is C14H11N5O5S2. The van der Waals surface area contributed by atoms with Crippen LogP contribution in [0, 0.1) is 10.1 Å². The van der Waals surface area contributed by atoms with Crippen molar-refractivity contribution < 1.29 is 18.9 Å². The van der Waals surface area contributed by atoms with E-state index >= 15 is 0 Å². The van der Waals surface area contributed by atoms with Gasteiger partial charge in [-0.3, -0.25) is 14.9 Å². The number of nitrogens with zero attached hydrogens (tertiary/aromatic N) is 4. The maximum Gasteiger partial charge on any atom is 0.345 e. The highest BCUT2D eigenvalue weighted by atomic mass is 32.2. The number of aromatic nitrogens is 3. The molecule has 0 aliphatic heterocycles. The van der Waals surface area contributed by atoms with E-state index in [9.17, 15) is 14.9 Å². The minimum atomic E-state index is -0.568. The van der Waals surface area contributed by atoms with Crippen LogP contribution in [0.1, 0.15) is 0 Å². The molecule has 0 aliphatic carbocycles. The topological polar surface area (TPSA) is 133 Å². The van der Waals surface area contributed by atoms with Crippen molar-refractivity contribution >= 4 is 39.1 Å². The van der Waals surface area contributed by atoms with Crippen molar-refractivity contribution in [1.29, 1.82) is 0 Å². The van der Waals surface area contributed by atoms with Gasteiger partial charge in [0.2, 0.25) is 11.8 Å². The Morgan fingerprint density at radius 1 is 1.38 bits per heavy atom. The molecule has 0 spiro atoms. The lowest BCUT2D eigenvalue weighted by Crippen LogP contribution is -2.13. The average molecular weight is 393 g/mol. The van der Waals surface area contributed by atoms with Gasteiger partial charge in [0.15, 0.2) is 5.13 Å². The second kappa shape index (κ2) is 7.93. The molecule has 3 rings (SSSR count). The van der Waals surface area contributed by atoms with Crippen molar-refractivity contribution in [3.8, 4) is 17.2 Å². The Hall–Kier alpha value is -2.99. The Balaban J connectivity index is 1.55. The number of hydrogen-bond donors (Lipinski definition) is 1. The zero-order valence-corrected chi connectivity index (χ0v) is 14.9. The number of ether oxygens (including phenoxy) is 1. The highest BCUT2D eigenvalue weighted by Gasteiger charge is 2.15. The van der Waals surface area contributed by atoms with Crippen molar-refractivity contribution in [2.45, 2.75) is 5.22 Å². The van der Waals surface area contributed by atoms with Crippen LogP contribution in [0.25, 0.3) is 11.5 Å². The summed E-state index contributed by atoms with van der Waals surface area (Å²) in [5.41, 5.74) is 0.727. The molecule has 134 valence electrons. The van der Waals surface area contributed by atoms with Gasteiger partial charge in [0.05, 0.1) is 17.8 Å². The van der Waals surface area contributed by atoms with E-state index in [1.807, 2.05) is 0 Å². The zero-order valence-electron chi connectivity index (χ0n) is 13.2. The van der Waals surface area contributed by atoms with Crippen LogP contribution in [0.15, 0.2) is 40.1 Å². The molecule has 3 aromatic rings. The number of carbonyl (C=O) groups excluding carboxylic acids is 1. The molecule has 0 unspecified atom stereocenters. The lowest BCUT2D eigenvalue weighted by molar-refractivity contribution is -0.380. The van der Waals surface area contributed by atoms with Crippen molar-refractivity contribution in [2.75, 3.05) is 18.2 Å². The Labute approximate surface area is 154 Å². The van der Waals surface area contributed by atoms with Crippen LogP contribution in [0.4, 0.5) is 10.1 Å². The third-order valence-electron chi connectivity index (χ3n) is 2.99. The zero-order chi connectivity index (χ0) is 18.5. The first-order valence-corrected chi connectivity index (χ1v) is 8.86. The number of thiazole rings is 1. The van der Waals surface area contributed by atoms with Crippen LogP contribution >= 0.6 is 23.1 Å². The molecule has 1 aromatic carbocycles. The number of thioether (sulfide) groups is 1. The van der Waals surface area contributed by atoms with E-state index in [0.29, 0.717) is 11.6 Å². The summed E-state index contributed by atoms with van der Waals surface area (Å²) in [5.74, 6) is 0.647. The van der Waals surface area contributed by atoms with Crippen LogP contribution in [-0.4, -0.2) is 38.9 Å². The first kappa shape index (κ1) is 17.8. The highest BCUT2D eigenvalue weighted by Crippen LogP contribution is 2.27. The van der Waals surface area contributed by atoms with Crippen LogP contribution in [0.5, 0.6) is 5.75 Å². The van der Waals surface area contributed by atoms with Crippen LogP contribution < -0.4 is 10.1 Å². The number of anilines is 1. The number of methoxy groups -OCH3 is 1. The number of benzene rings is 1. The quantitative estimate of drug-likeness (QED) is 0.365. The first-order chi connectivity index (χ1) is 12.5. The Morgan fingerprint density at radius 3 is 2.81 bits per heavy atom. The van der Waals surface area contributed by atoms with Crippen molar-refractivity contribution in [1.82, 2.24) is 15.2 Å². The predicted octanol–water partition coefficient (Wildman–Crippen LogP) is 2.84. The smallest absolute Gasteiger partial charge is 0.345 e.